The van der Waals surface area contributed by atoms with Crippen molar-refractivity contribution in [3.05, 3.63) is 0 Å². The molecule has 0 aliphatic carbocycles. The first-order valence-corrected chi connectivity index (χ1v) is 7.69. The summed E-state index contributed by atoms with van der Waals surface area (Å²) < 4.78 is 0. The Morgan fingerprint density at radius 3 is 2.41 bits per heavy atom. The summed E-state index contributed by atoms with van der Waals surface area (Å²) in [6.45, 7) is 17.1. The fraction of sp³-hybridized carbons (Fsp3) is 1.00. The molecule has 1 heteroatoms. The topological polar surface area (TPSA) is 3.24 Å². The molecule has 4 unspecified atom stereocenters. The molecular formula is C16H33N. The van der Waals surface area contributed by atoms with Gasteiger partial charge in [0.15, 0.2) is 0 Å². The van der Waals surface area contributed by atoms with Gasteiger partial charge in [0.25, 0.3) is 0 Å². The van der Waals surface area contributed by atoms with Crippen molar-refractivity contribution in [2.45, 2.75) is 73.3 Å². The van der Waals surface area contributed by atoms with Crippen LogP contribution in [0.15, 0.2) is 0 Å². The maximum absolute atomic E-state index is 2.72. The van der Waals surface area contributed by atoms with E-state index in [1.54, 1.807) is 0 Å². The molecular weight excluding hydrogens is 206 g/mol. The number of rotatable bonds is 4. The highest BCUT2D eigenvalue weighted by Crippen LogP contribution is 2.43. The second-order valence-electron chi connectivity index (χ2n) is 6.57. The van der Waals surface area contributed by atoms with Crippen molar-refractivity contribution < 1.29 is 0 Å². The standard InChI is InChI=1S/C16H33N/c1-7-13(3)16(6)10-9-11-17(12-14(16)4)15(5)8-2/h13-15H,7-12H2,1-6H3. The van der Waals surface area contributed by atoms with Crippen LogP contribution in [0.1, 0.15) is 67.2 Å². The monoisotopic (exact) mass is 239 g/mol. The van der Waals surface area contributed by atoms with Crippen LogP contribution in [0.3, 0.4) is 0 Å². The lowest BCUT2D eigenvalue weighted by molar-refractivity contribution is 0.0847. The Morgan fingerprint density at radius 1 is 1.24 bits per heavy atom. The Kier molecular flexibility index (Phi) is 5.50. The number of nitrogens with zero attached hydrogens (tertiary/aromatic N) is 1. The molecule has 102 valence electrons. The lowest BCUT2D eigenvalue weighted by Gasteiger charge is -2.41. The summed E-state index contributed by atoms with van der Waals surface area (Å²) in [5, 5.41) is 0. The maximum atomic E-state index is 2.72. The van der Waals surface area contributed by atoms with E-state index in [4.69, 9.17) is 0 Å². The summed E-state index contributed by atoms with van der Waals surface area (Å²) in [7, 11) is 0. The molecule has 0 aromatic rings. The summed E-state index contributed by atoms with van der Waals surface area (Å²) in [6.07, 6.45) is 5.41. The molecule has 1 aliphatic heterocycles. The Morgan fingerprint density at radius 2 is 1.88 bits per heavy atom. The molecule has 1 heterocycles. The van der Waals surface area contributed by atoms with Gasteiger partial charge in [0.05, 0.1) is 0 Å². The van der Waals surface area contributed by atoms with Crippen molar-refractivity contribution >= 4 is 0 Å². The predicted octanol–water partition coefficient (Wildman–Crippen LogP) is 4.57. The van der Waals surface area contributed by atoms with Crippen LogP contribution < -0.4 is 0 Å². The molecule has 1 saturated heterocycles. The Labute approximate surface area is 109 Å². The molecule has 1 fully saturated rings. The predicted molar refractivity (Wildman–Crippen MR) is 77.3 cm³/mol. The van der Waals surface area contributed by atoms with Gasteiger partial charge in [-0.2, -0.15) is 0 Å². The molecule has 1 rings (SSSR count). The second-order valence-corrected chi connectivity index (χ2v) is 6.57. The van der Waals surface area contributed by atoms with Crippen molar-refractivity contribution in [3.8, 4) is 0 Å². The van der Waals surface area contributed by atoms with Crippen LogP contribution in [0.5, 0.6) is 0 Å². The smallest absolute Gasteiger partial charge is 0.00644 e. The Balaban J connectivity index is 2.75. The van der Waals surface area contributed by atoms with Crippen molar-refractivity contribution in [1.29, 1.82) is 0 Å². The zero-order valence-corrected chi connectivity index (χ0v) is 12.9. The Hall–Kier alpha value is -0.0400. The molecule has 1 aliphatic rings. The minimum atomic E-state index is 0.553. The third-order valence-corrected chi connectivity index (χ3v) is 5.75. The van der Waals surface area contributed by atoms with E-state index >= 15 is 0 Å². The maximum Gasteiger partial charge on any atom is 0.00644 e. The van der Waals surface area contributed by atoms with E-state index in [0.717, 1.165) is 17.9 Å². The summed E-state index contributed by atoms with van der Waals surface area (Å²) in [6, 6.07) is 0.761. The largest absolute Gasteiger partial charge is 0.300 e. The van der Waals surface area contributed by atoms with E-state index in [9.17, 15) is 0 Å². The van der Waals surface area contributed by atoms with Gasteiger partial charge in [-0.1, -0.05) is 41.0 Å². The van der Waals surface area contributed by atoms with Gasteiger partial charge in [0.2, 0.25) is 0 Å². The fourth-order valence-corrected chi connectivity index (χ4v) is 3.42. The first-order chi connectivity index (χ1) is 7.95. The first-order valence-electron chi connectivity index (χ1n) is 7.69. The van der Waals surface area contributed by atoms with Crippen LogP contribution >= 0.6 is 0 Å². The van der Waals surface area contributed by atoms with Crippen molar-refractivity contribution in [2.24, 2.45) is 17.3 Å². The normalized spacial score (nSPS) is 35.3. The van der Waals surface area contributed by atoms with E-state index in [1.165, 1.54) is 38.8 Å². The van der Waals surface area contributed by atoms with E-state index in [-0.39, 0.29) is 0 Å². The molecule has 0 radical (unpaired) electrons. The summed E-state index contributed by atoms with van der Waals surface area (Å²) in [5.41, 5.74) is 0.553. The minimum Gasteiger partial charge on any atom is -0.300 e. The lowest BCUT2D eigenvalue weighted by atomic mass is 9.66. The molecule has 0 N–H and O–H groups in total. The summed E-state index contributed by atoms with van der Waals surface area (Å²) in [4.78, 5) is 2.72. The highest BCUT2D eigenvalue weighted by atomic mass is 15.2. The summed E-state index contributed by atoms with van der Waals surface area (Å²) in [5.74, 6) is 1.68. The first kappa shape index (κ1) is 15.0. The highest BCUT2D eigenvalue weighted by Gasteiger charge is 2.38. The van der Waals surface area contributed by atoms with Gasteiger partial charge in [-0.15, -0.1) is 0 Å². The van der Waals surface area contributed by atoms with Crippen LogP contribution in [-0.2, 0) is 0 Å². The van der Waals surface area contributed by atoms with Gasteiger partial charge in [0.1, 0.15) is 0 Å². The van der Waals surface area contributed by atoms with E-state index in [0.29, 0.717) is 5.41 Å². The zero-order chi connectivity index (χ0) is 13.1. The van der Waals surface area contributed by atoms with E-state index < -0.39 is 0 Å². The number of hydrogen-bond acceptors (Lipinski definition) is 1. The average Bonchev–Trinajstić information content (AvgIpc) is 2.48. The van der Waals surface area contributed by atoms with Crippen molar-refractivity contribution in [3.63, 3.8) is 0 Å². The molecule has 0 amide bonds. The molecule has 0 aromatic heterocycles. The van der Waals surface area contributed by atoms with Gasteiger partial charge >= 0.3 is 0 Å². The summed E-state index contributed by atoms with van der Waals surface area (Å²) >= 11 is 0. The number of likely N-dealkylation sites (tertiary alicyclic amines) is 1. The molecule has 1 nitrogen and oxygen atoms in total. The second kappa shape index (κ2) is 6.22. The van der Waals surface area contributed by atoms with Crippen molar-refractivity contribution in [2.75, 3.05) is 13.1 Å². The Bertz CT molecular complexity index is 226. The molecule has 0 spiro atoms. The van der Waals surface area contributed by atoms with Gasteiger partial charge in [-0.05, 0) is 50.0 Å². The van der Waals surface area contributed by atoms with Crippen LogP contribution in [0.4, 0.5) is 0 Å². The van der Waals surface area contributed by atoms with Gasteiger partial charge in [-0.25, -0.2) is 0 Å². The van der Waals surface area contributed by atoms with Crippen LogP contribution in [0, 0.1) is 17.3 Å². The zero-order valence-electron chi connectivity index (χ0n) is 12.9. The van der Waals surface area contributed by atoms with Gasteiger partial charge in [-0.3, -0.25) is 0 Å². The SMILES string of the molecule is CCC(C)N1CCCC(C)(C(C)CC)C(C)C1. The molecule has 0 bridgehead atoms. The van der Waals surface area contributed by atoms with Crippen LogP contribution in [-0.4, -0.2) is 24.0 Å². The molecule has 0 aromatic carbocycles. The number of hydrogen-bond donors (Lipinski definition) is 0. The van der Waals surface area contributed by atoms with Crippen LogP contribution in [0.25, 0.3) is 0 Å². The highest BCUT2D eigenvalue weighted by molar-refractivity contribution is 4.89. The van der Waals surface area contributed by atoms with Crippen molar-refractivity contribution in [1.82, 2.24) is 4.90 Å². The molecule has 17 heavy (non-hydrogen) atoms. The third kappa shape index (κ3) is 3.24. The van der Waals surface area contributed by atoms with Gasteiger partial charge < -0.3 is 4.90 Å². The third-order valence-electron chi connectivity index (χ3n) is 5.75. The molecule has 0 saturated carbocycles. The van der Waals surface area contributed by atoms with E-state index in [1.807, 2.05) is 0 Å². The fourth-order valence-electron chi connectivity index (χ4n) is 3.42. The van der Waals surface area contributed by atoms with E-state index in [2.05, 4.69) is 46.4 Å². The molecule has 4 atom stereocenters. The van der Waals surface area contributed by atoms with Crippen LogP contribution in [0.2, 0.25) is 0 Å². The van der Waals surface area contributed by atoms with Gasteiger partial charge in [0, 0.05) is 12.6 Å². The average molecular weight is 239 g/mol. The minimum absolute atomic E-state index is 0.553. The lowest BCUT2D eigenvalue weighted by Crippen LogP contribution is -2.40. The quantitative estimate of drug-likeness (QED) is 0.694.